The summed E-state index contributed by atoms with van der Waals surface area (Å²) in [6, 6.07) is 12.8. The maximum atomic E-state index is 11.0. The lowest BCUT2D eigenvalue weighted by atomic mass is 10.1. The number of carboxylic acids is 1. The van der Waals surface area contributed by atoms with E-state index in [9.17, 15) is 4.79 Å². The molecule has 0 saturated heterocycles. The predicted molar refractivity (Wildman–Crippen MR) is 80.4 cm³/mol. The van der Waals surface area contributed by atoms with E-state index >= 15 is 0 Å². The molecule has 1 N–H and O–H groups in total. The molecule has 3 aromatic rings. The van der Waals surface area contributed by atoms with Crippen LogP contribution < -0.4 is 0 Å². The van der Waals surface area contributed by atoms with Crippen LogP contribution in [-0.4, -0.2) is 16.1 Å². The molecule has 3 rings (SSSR count). The van der Waals surface area contributed by atoms with E-state index in [0.717, 1.165) is 18.4 Å². The van der Waals surface area contributed by atoms with E-state index < -0.39 is 5.97 Å². The summed E-state index contributed by atoms with van der Waals surface area (Å²) in [5.41, 5.74) is 3.53. The zero-order chi connectivity index (χ0) is 14.8. The van der Waals surface area contributed by atoms with Gasteiger partial charge in [-0.2, -0.15) is 0 Å². The van der Waals surface area contributed by atoms with Crippen molar-refractivity contribution in [2.45, 2.75) is 19.8 Å². The molecule has 2 aromatic carbocycles. The first-order valence-electron chi connectivity index (χ1n) is 6.90. The number of carbonyl (C=O) groups is 1. The number of rotatable bonds is 4. The fourth-order valence-corrected chi connectivity index (χ4v) is 2.29. The fourth-order valence-electron chi connectivity index (χ4n) is 2.29. The van der Waals surface area contributed by atoms with E-state index in [2.05, 4.69) is 24.0 Å². The molecule has 4 heteroatoms. The van der Waals surface area contributed by atoms with Gasteiger partial charge in [-0.05, 0) is 42.3 Å². The van der Waals surface area contributed by atoms with Gasteiger partial charge in [-0.25, -0.2) is 9.78 Å². The number of hydrogen-bond donors (Lipinski definition) is 1. The lowest BCUT2D eigenvalue weighted by Gasteiger charge is -1.99. The average Bonchev–Trinajstić information content (AvgIpc) is 2.91. The van der Waals surface area contributed by atoms with Gasteiger partial charge in [0.25, 0.3) is 0 Å². The van der Waals surface area contributed by atoms with Crippen molar-refractivity contribution in [2.24, 2.45) is 0 Å². The van der Waals surface area contributed by atoms with Gasteiger partial charge in [0.05, 0.1) is 5.56 Å². The zero-order valence-electron chi connectivity index (χ0n) is 11.7. The molecule has 0 spiro atoms. The number of fused-ring (bicyclic) bond motifs is 1. The summed E-state index contributed by atoms with van der Waals surface area (Å²) < 4.78 is 5.68. The maximum absolute atomic E-state index is 11.0. The molecule has 4 nitrogen and oxygen atoms in total. The van der Waals surface area contributed by atoms with E-state index in [1.54, 1.807) is 6.07 Å². The van der Waals surface area contributed by atoms with Crippen molar-refractivity contribution in [3.8, 4) is 11.5 Å². The van der Waals surface area contributed by atoms with Crippen LogP contribution in [0.5, 0.6) is 0 Å². The van der Waals surface area contributed by atoms with Gasteiger partial charge >= 0.3 is 5.97 Å². The van der Waals surface area contributed by atoms with Crippen molar-refractivity contribution in [3.05, 3.63) is 53.6 Å². The van der Waals surface area contributed by atoms with E-state index in [4.69, 9.17) is 9.52 Å². The molecule has 0 amide bonds. The first-order valence-corrected chi connectivity index (χ1v) is 6.90. The Balaban J connectivity index is 1.98. The van der Waals surface area contributed by atoms with Crippen LogP contribution in [0.3, 0.4) is 0 Å². The van der Waals surface area contributed by atoms with Crippen LogP contribution in [0.4, 0.5) is 0 Å². The van der Waals surface area contributed by atoms with Crippen LogP contribution in [0.25, 0.3) is 22.6 Å². The molecule has 0 atom stereocenters. The third-order valence-corrected chi connectivity index (χ3v) is 3.37. The number of oxazole rings is 1. The standard InChI is InChI=1S/C17H15NO3/c1-2-3-11-4-6-12(7-5-11)16-18-14-10-13(17(19)20)8-9-15(14)21-16/h4-10H,2-3H2,1H3,(H,19,20). The molecule has 0 radical (unpaired) electrons. The van der Waals surface area contributed by atoms with Crippen molar-refractivity contribution in [2.75, 3.05) is 0 Å². The zero-order valence-corrected chi connectivity index (χ0v) is 11.7. The lowest BCUT2D eigenvalue weighted by molar-refractivity contribution is 0.0697. The van der Waals surface area contributed by atoms with Crippen molar-refractivity contribution in [3.63, 3.8) is 0 Å². The Kier molecular flexibility index (Phi) is 3.44. The smallest absolute Gasteiger partial charge is 0.335 e. The molecule has 1 aromatic heterocycles. The Labute approximate surface area is 122 Å². The van der Waals surface area contributed by atoms with Gasteiger partial charge in [-0.15, -0.1) is 0 Å². The molecule has 21 heavy (non-hydrogen) atoms. The average molecular weight is 281 g/mol. The number of aromatic nitrogens is 1. The lowest BCUT2D eigenvalue weighted by Crippen LogP contribution is -1.94. The van der Waals surface area contributed by atoms with Gasteiger partial charge in [0.15, 0.2) is 5.58 Å². The minimum atomic E-state index is -0.967. The number of nitrogens with zero attached hydrogens (tertiary/aromatic N) is 1. The van der Waals surface area contributed by atoms with Crippen LogP contribution in [-0.2, 0) is 6.42 Å². The molecule has 0 saturated carbocycles. The summed E-state index contributed by atoms with van der Waals surface area (Å²) in [6.07, 6.45) is 2.16. The molecular formula is C17H15NO3. The number of benzene rings is 2. The highest BCUT2D eigenvalue weighted by molar-refractivity contribution is 5.92. The van der Waals surface area contributed by atoms with Crippen molar-refractivity contribution >= 4 is 17.1 Å². The van der Waals surface area contributed by atoms with Gasteiger partial charge in [0.1, 0.15) is 5.52 Å². The van der Waals surface area contributed by atoms with Crippen LogP contribution in [0.2, 0.25) is 0 Å². The van der Waals surface area contributed by atoms with Crippen LogP contribution >= 0.6 is 0 Å². The largest absolute Gasteiger partial charge is 0.478 e. The van der Waals surface area contributed by atoms with Gasteiger partial charge < -0.3 is 9.52 Å². The molecular weight excluding hydrogens is 266 g/mol. The van der Waals surface area contributed by atoms with Crippen molar-refractivity contribution in [1.82, 2.24) is 4.98 Å². The summed E-state index contributed by atoms with van der Waals surface area (Å²) in [5, 5.41) is 8.99. The summed E-state index contributed by atoms with van der Waals surface area (Å²) in [6.45, 7) is 2.15. The number of aromatic carboxylic acids is 1. The third kappa shape index (κ3) is 2.65. The molecule has 0 unspecified atom stereocenters. The van der Waals surface area contributed by atoms with Crippen LogP contribution in [0.15, 0.2) is 46.9 Å². The summed E-state index contributed by atoms with van der Waals surface area (Å²) in [7, 11) is 0. The van der Waals surface area contributed by atoms with E-state index in [-0.39, 0.29) is 5.56 Å². The normalized spacial score (nSPS) is 10.9. The van der Waals surface area contributed by atoms with Crippen molar-refractivity contribution in [1.29, 1.82) is 0 Å². The SMILES string of the molecule is CCCc1ccc(-c2nc3cc(C(=O)O)ccc3o2)cc1. The first-order chi connectivity index (χ1) is 10.2. The molecule has 106 valence electrons. The monoisotopic (exact) mass is 281 g/mol. The maximum Gasteiger partial charge on any atom is 0.335 e. The number of hydrogen-bond acceptors (Lipinski definition) is 3. The highest BCUT2D eigenvalue weighted by atomic mass is 16.4. The Hall–Kier alpha value is -2.62. The summed E-state index contributed by atoms with van der Waals surface area (Å²) in [4.78, 5) is 15.3. The molecule has 0 fully saturated rings. The Bertz CT molecular complexity index is 787. The fraction of sp³-hybridized carbons (Fsp3) is 0.176. The van der Waals surface area contributed by atoms with Gasteiger partial charge in [-0.1, -0.05) is 25.5 Å². The van der Waals surface area contributed by atoms with Crippen LogP contribution in [0.1, 0.15) is 29.3 Å². The van der Waals surface area contributed by atoms with E-state index in [1.165, 1.54) is 17.7 Å². The number of carboxylic acid groups (broad SMARTS) is 1. The highest BCUT2D eigenvalue weighted by Crippen LogP contribution is 2.25. The molecule has 0 aliphatic carbocycles. The van der Waals surface area contributed by atoms with E-state index in [0.29, 0.717) is 17.0 Å². The number of aryl methyl sites for hydroxylation is 1. The van der Waals surface area contributed by atoms with Gasteiger partial charge in [0.2, 0.25) is 5.89 Å². The Morgan fingerprint density at radius 2 is 1.95 bits per heavy atom. The van der Waals surface area contributed by atoms with E-state index in [1.807, 2.05) is 12.1 Å². The Morgan fingerprint density at radius 1 is 1.19 bits per heavy atom. The predicted octanol–water partition coefficient (Wildman–Crippen LogP) is 4.15. The first kappa shape index (κ1) is 13.4. The third-order valence-electron chi connectivity index (χ3n) is 3.37. The van der Waals surface area contributed by atoms with Gasteiger partial charge in [-0.3, -0.25) is 0 Å². The van der Waals surface area contributed by atoms with Gasteiger partial charge in [0, 0.05) is 5.56 Å². The second-order valence-corrected chi connectivity index (χ2v) is 4.95. The summed E-state index contributed by atoms with van der Waals surface area (Å²) in [5.74, 6) is -0.457. The minimum absolute atomic E-state index is 0.209. The second-order valence-electron chi connectivity index (χ2n) is 4.95. The second kappa shape index (κ2) is 5.40. The molecule has 0 bridgehead atoms. The van der Waals surface area contributed by atoms with Crippen LogP contribution in [0, 0.1) is 0 Å². The molecule has 1 heterocycles. The highest BCUT2D eigenvalue weighted by Gasteiger charge is 2.11. The minimum Gasteiger partial charge on any atom is -0.478 e. The topological polar surface area (TPSA) is 63.3 Å². The molecule has 0 aliphatic heterocycles. The van der Waals surface area contributed by atoms with Crippen molar-refractivity contribution < 1.29 is 14.3 Å². The quantitative estimate of drug-likeness (QED) is 0.780. The summed E-state index contributed by atoms with van der Waals surface area (Å²) >= 11 is 0. The Morgan fingerprint density at radius 3 is 2.62 bits per heavy atom. The molecule has 0 aliphatic rings.